The van der Waals surface area contributed by atoms with Crippen LogP contribution in [0, 0.1) is 16.7 Å². The molecule has 0 spiro atoms. The predicted molar refractivity (Wildman–Crippen MR) is 157 cm³/mol. The van der Waals surface area contributed by atoms with Crippen molar-refractivity contribution in [1.82, 2.24) is 25.0 Å². The molecule has 1 aromatic carbocycles. The second-order valence-corrected chi connectivity index (χ2v) is 12.8. The molecule has 3 aromatic rings. The monoisotopic (exact) mass is 565 g/mol. The number of aromatic amines is 1. The highest BCUT2D eigenvalue weighted by molar-refractivity contribution is 5.91. The summed E-state index contributed by atoms with van der Waals surface area (Å²) < 4.78 is 18.3. The van der Waals surface area contributed by atoms with Gasteiger partial charge in [-0.2, -0.15) is 10.4 Å². The number of pyridine rings is 1. The molecular formula is C30H40FN7O3. The smallest absolute Gasteiger partial charge is 0.407 e. The molecule has 0 saturated carbocycles. The Bertz CT molecular complexity index is 1510. The molecule has 3 unspecified atom stereocenters. The molecule has 4 rings (SSSR count). The third-order valence-corrected chi connectivity index (χ3v) is 7.97. The fourth-order valence-electron chi connectivity index (χ4n) is 6.20. The summed E-state index contributed by atoms with van der Waals surface area (Å²) in [6.07, 6.45) is -1.73. The van der Waals surface area contributed by atoms with Crippen molar-refractivity contribution in [2.24, 2.45) is 5.41 Å². The number of nitriles is 1. The number of anilines is 2. The van der Waals surface area contributed by atoms with E-state index in [4.69, 9.17) is 5.10 Å². The number of rotatable bonds is 7. The summed E-state index contributed by atoms with van der Waals surface area (Å²) in [6, 6.07) is 10.8. The lowest BCUT2D eigenvalue weighted by atomic mass is 9.71. The number of aromatic nitrogens is 3. The topological polar surface area (TPSA) is 139 Å². The van der Waals surface area contributed by atoms with Gasteiger partial charge in [-0.25, -0.2) is 9.18 Å². The van der Waals surface area contributed by atoms with Gasteiger partial charge in [0.05, 0.1) is 24.0 Å². The zero-order valence-electron chi connectivity index (χ0n) is 24.7. The highest BCUT2D eigenvalue weighted by atomic mass is 19.1. The molecule has 3 atom stereocenters. The van der Waals surface area contributed by atoms with Crippen LogP contribution >= 0.6 is 0 Å². The molecule has 0 bridgehead atoms. The molecule has 0 aliphatic carbocycles. The summed E-state index contributed by atoms with van der Waals surface area (Å²) in [6.45, 7) is 13.8. The number of carboxylic acid groups (broad SMARTS) is 1. The summed E-state index contributed by atoms with van der Waals surface area (Å²) in [5.41, 5.74) is -0.786. The van der Waals surface area contributed by atoms with E-state index in [-0.39, 0.29) is 36.1 Å². The molecule has 1 aliphatic heterocycles. The van der Waals surface area contributed by atoms with Gasteiger partial charge in [-0.15, -0.1) is 0 Å². The first-order chi connectivity index (χ1) is 19.1. The molecule has 220 valence electrons. The van der Waals surface area contributed by atoms with Crippen LogP contribution in [0.4, 0.5) is 20.7 Å². The number of nitrogens with one attached hydrogen (secondary N) is 3. The number of nitrogens with zero attached hydrogens (tertiary/aromatic N) is 4. The lowest BCUT2D eigenvalue weighted by Gasteiger charge is -2.51. The van der Waals surface area contributed by atoms with Crippen molar-refractivity contribution in [3.05, 3.63) is 52.4 Å². The van der Waals surface area contributed by atoms with Crippen molar-refractivity contribution in [3.63, 3.8) is 0 Å². The largest absolute Gasteiger partial charge is 0.465 e. The van der Waals surface area contributed by atoms with Crippen LogP contribution in [0.2, 0.25) is 0 Å². The Balaban J connectivity index is 1.82. The van der Waals surface area contributed by atoms with E-state index in [1.54, 1.807) is 26.8 Å². The molecule has 4 N–H and O–H groups in total. The van der Waals surface area contributed by atoms with Crippen molar-refractivity contribution in [2.75, 3.05) is 11.9 Å². The molecule has 1 amide bonds. The lowest BCUT2D eigenvalue weighted by molar-refractivity contribution is -0.0635. The normalized spacial score (nSPS) is 21.7. The van der Waals surface area contributed by atoms with E-state index in [1.165, 1.54) is 10.9 Å². The molecule has 3 heterocycles. The number of hydrogen-bond donors (Lipinski definition) is 4. The van der Waals surface area contributed by atoms with Crippen molar-refractivity contribution in [3.8, 4) is 6.07 Å². The average Bonchev–Trinajstić information content (AvgIpc) is 3.24. The molecule has 2 aromatic heterocycles. The van der Waals surface area contributed by atoms with Crippen LogP contribution in [0.15, 0.2) is 41.3 Å². The van der Waals surface area contributed by atoms with Crippen LogP contribution in [0.5, 0.6) is 0 Å². The van der Waals surface area contributed by atoms with E-state index in [0.29, 0.717) is 17.2 Å². The molecule has 0 radical (unpaired) electrons. The summed E-state index contributed by atoms with van der Waals surface area (Å²) in [5.74, 6) is 0.228. The number of likely N-dealkylation sites (tertiary alicyclic amines) is 1. The van der Waals surface area contributed by atoms with Crippen molar-refractivity contribution in [2.45, 2.75) is 90.6 Å². The van der Waals surface area contributed by atoms with Gasteiger partial charge >= 0.3 is 6.09 Å². The molecule has 10 nitrogen and oxygen atoms in total. The van der Waals surface area contributed by atoms with Gasteiger partial charge in [0.1, 0.15) is 17.1 Å². The van der Waals surface area contributed by atoms with E-state index >= 15 is 4.39 Å². The van der Waals surface area contributed by atoms with E-state index in [2.05, 4.69) is 49.4 Å². The Kier molecular flexibility index (Phi) is 7.93. The summed E-state index contributed by atoms with van der Waals surface area (Å²) >= 11 is 0. The van der Waals surface area contributed by atoms with Gasteiger partial charge in [0.15, 0.2) is 5.82 Å². The van der Waals surface area contributed by atoms with E-state index in [9.17, 15) is 20.0 Å². The van der Waals surface area contributed by atoms with Crippen LogP contribution in [-0.2, 0) is 11.1 Å². The number of amides is 1. The third-order valence-electron chi connectivity index (χ3n) is 7.97. The van der Waals surface area contributed by atoms with E-state index in [1.807, 2.05) is 24.3 Å². The SMILES string of the molecule is CC(C)NC(C)(C)c1ccc(Nc2nn(C3(CC#N)CCN(C(=O)O)C(C(C)(C)C)C3F)c3cc[nH]c(=O)c23)cc1. The van der Waals surface area contributed by atoms with Gasteiger partial charge in [0.2, 0.25) is 0 Å². The van der Waals surface area contributed by atoms with Crippen LogP contribution in [0.25, 0.3) is 10.9 Å². The quantitative estimate of drug-likeness (QED) is 0.299. The number of H-pyrrole nitrogens is 1. The Morgan fingerprint density at radius 1 is 1.24 bits per heavy atom. The molecular weight excluding hydrogens is 525 g/mol. The van der Waals surface area contributed by atoms with Crippen LogP contribution in [0.1, 0.15) is 66.9 Å². The van der Waals surface area contributed by atoms with Crippen molar-refractivity contribution in [1.29, 1.82) is 5.26 Å². The zero-order chi connectivity index (χ0) is 30.3. The third kappa shape index (κ3) is 5.53. The highest BCUT2D eigenvalue weighted by Gasteiger charge is 2.56. The number of carbonyl (C=O) groups is 1. The zero-order valence-corrected chi connectivity index (χ0v) is 24.7. The molecule has 1 fully saturated rings. The van der Waals surface area contributed by atoms with Gasteiger partial charge in [-0.3, -0.25) is 9.48 Å². The summed E-state index contributed by atoms with van der Waals surface area (Å²) in [4.78, 5) is 29.0. The Morgan fingerprint density at radius 3 is 2.46 bits per heavy atom. The van der Waals surface area contributed by atoms with Crippen LogP contribution in [-0.4, -0.2) is 55.7 Å². The van der Waals surface area contributed by atoms with Crippen molar-refractivity contribution < 1.29 is 14.3 Å². The summed E-state index contributed by atoms with van der Waals surface area (Å²) in [5, 5.41) is 31.4. The minimum absolute atomic E-state index is 0.0222. The van der Waals surface area contributed by atoms with Gasteiger partial charge in [0.25, 0.3) is 5.56 Å². The minimum Gasteiger partial charge on any atom is -0.465 e. The number of piperidine rings is 1. The standard InChI is InChI=1S/C30H40FN7O3/c1-18(2)35-29(6,7)19-8-10-20(11-9-19)34-25-22-21(12-16-33-26(22)39)38(36-25)30(13-15-32)14-17-37(27(40)41)24(23(30)31)28(3,4)5/h8-12,16,18,23-24,35H,13-14,17H2,1-7H3,(H,33,39)(H,34,36)(H,40,41). The molecule has 1 aliphatic rings. The number of hydrogen-bond acceptors (Lipinski definition) is 6. The molecule has 1 saturated heterocycles. The van der Waals surface area contributed by atoms with Crippen molar-refractivity contribution >= 4 is 28.5 Å². The molecule has 11 heteroatoms. The number of alkyl halides is 1. The highest BCUT2D eigenvalue weighted by Crippen LogP contribution is 2.46. The average molecular weight is 566 g/mol. The van der Waals surface area contributed by atoms with Gasteiger partial charge in [-0.05, 0) is 49.4 Å². The van der Waals surface area contributed by atoms with Gasteiger partial charge < -0.3 is 25.6 Å². The van der Waals surface area contributed by atoms with Crippen LogP contribution in [0.3, 0.4) is 0 Å². The van der Waals surface area contributed by atoms with Crippen LogP contribution < -0.4 is 16.2 Å². The second kappa shape index (κ2) is 10.8. The van der Waals surface area contributed by atoms with Gasteiger partial charge in [0, 0.05) is 30.0 Å². The maximum absolute atomic E-state index is 16.8. The van der Waals surface area contributed by atoms with E-state index < -0.39 is 34.8 Å². The second-order valence-electron chi connectivity index (χ2n) is 12.8. The summed E-state index contributed by atoms with van der Waals surface area (Å²) in [7, 11) is 0. The Hall–Kier alpha value is -3.91. The maximum Gasteiger partial charge on any atom is 0.407 e. The minimum atomic E-state index is -1.77. The molecule has 41 heavy (non-hydrogen) atoms. The van der Waals surface area contributed by atoms with Gasteiger partial charge in [-0.1, -0.05) is 46.8 Å². The number of fused-ring (bicyclic) bond motifs is 1. The predicted octanol–water partition coefficient (Wildman–Crippen LogP) is 5.45. The Morgan fingerprint density at radius 2 is 1.90 bits per heavy atom. The first-order valence-corrected chi connectivity index (χ1v) is 13.9. The number of halogens is 1. The fourth-order valence-corrected chi connectivity index (χ4v) is 6.20. The Labute approximate surface area is 239 Å². The lowest BCUT2D eigenvalue weighted by Crippen LogP contribution is -2.65. The van der Waals surface area contributed by atoms with E-state index in [0.717, 1.165) is 10.5 Å². The fraction of sp³-hybridized carbons (Fsp3) is 0.533. The number of benzene rings is 1. The first kappa shape index (κ1) is 30.1. The first-order valence-electron chi connectivity index (χ1n) is 13.9. The maximum atomic E-state index is 16.8.